The number of anilines is 1. The predicted octanol–water partition coefficient (Wildman–Crippen LogP) is 2.49. The van der Waals surface area contributed by atoms with E-state index in [4.69, 9.17) is 9.47 Å². The van der Waals surface area contributed by atoms with Crippen LogP contribution in [0.1, 0.15) is 10.4 Å². The van der Waals surface area contributed by atoms with Crippen molar-refractivity contribution in [2.75, 3.05) is 19.5 Å². The summed E-state index contributed by atoms with van der Waals surface area (Å²) >= 11 is 0. The number of carbonyl (C=O) groups is 1. The monoisotopic (exact) mass is 276 g/mol. The van der Waals surface area contributed by atoms with Crippen molar-refractivity contribution in [1.29, 1.82) is 0 Å². The van der Waals surface area contributed by atoms with Crippen molar-refractivity contribution in [3.63, 3.8) is 0 Å². The fourth-order valence-corrected chi connectivity index (χ4v) is 1.66. The summed E-state index contributed by atoms with van der Waals surface area (Å²) in [6.07, 6.45) is 1.28. The van der Waals surface area contributed by atoms with Gasteiger partial charge in [-0.3, -0.25) is 4.79 Å². The average molecular weight is 276 g/mol. The summed E-state index contributed by atoms with van der Waals surface area (Å²) in [5.74, 6) is -0.440. The number of halogens is 1. The highest BCUT2D eigenvalue weighted by Gasteiger charge is 2.14. The minimum atomic E-state index is -0.827. The first-order valence-corrected chi connectivity index (χ1v) is 5.79. The van der Waals surface area contributed by atoms with Crippen molar-refractivity contribution in [3.8, 4) is 11.5 Å². The van der Waals surface area contributed by atoms with Crippen LogP contribution < -0.4 is 14.8 Å². The number of nitrogens with zero attached hydrogens (tertiary/aromatic N) is 1. The van der Waals surface area contributed by atoms with E-state index in [0.717, 1.165) is 0 Å². The Morgan fingerprint density at radius 1 is 1.25 bits per heavy atom. The van der Waals surface area contributed by atoms with Gasteiger partial charge in [-0.15, -0.1) is 0 Å². The van der Waals surface area contributed by atoms with Crippen LogP contribution >= 0.6 is 0 Å². The number of hydrogen-bond acceptors (Lipinski definition) is 4. The lowest BCUT2D eigenvalue weighted by atomic mass is 10.2. The average Bonchev–Trinajstić information content (AvgIpc) is 2.47. The van der Waals surface area contributed by atoms with Crippen molar-refractivity contribution < 1.29 is 18.7 Å². The number of ether oxygens (including phenoxy) is 2. The van der Waals surface area contributed by atoms with Crippen molar-refractivity contribution in [2.24, 2.45) is 0 Å². The highest BCUT2D eigenvalue weighted by Crippen LogP contribution is 2.29. The molecule has 0 fully saturated rings. The minimum absolute atomic E-state index is 0.141. The Labute approximate surface area is 115 Å². The number of hydrogen-bond donors (Lipinski definition) is 1. The van der Waals surface area contributed by atoms with Crippen LogP contribution in [-0.4, -0.2) is 25.1 Å². The first kappa shape index (κ1) is 13.8. The second kappa shape index (κ2) is 6.01. The van der Waals surface area contributed by atoms with E-state index in [9.17, 15) is 9.18 Å². The van der Waals surface area contributed by atoms with Gasteiger partial charge in [-0.1, -0.05) is 0 Å². The molecule has 0 aliphatic heterocycles. The van der Waals surface area contributed by atoms with Gasteiger partial charge in [0.25, 0.3) is 5.91 Å². The molecule has 0 saturated carbocycles. The van der Waals surface area contributed by atoms with Crippen molar-refractivity contribution in [3.05, 3.63) is 48.0 Å². The fraction of sp³-hybridized carbons (Fsp3) is 0.143. The summed E-state index contributed by atoms with van der Waals surface area (Å²) in [6.45, 7) is 0. The maximum Gasteiger partial charge on any atom is 0.260 e. The summed E-state index contributed by atoms with van der Waals surface area (Å²) in [5, 5.41) is 2.57. The van der Waals surface area contributed by atoms with E-state index in [-0.39, 0.29) is 5.56 Å². The lowest BCUT2D eigenvalue weighted by molar-refractivity contribution is 0.102. The van der Waals surface area contributed by atoms with E-state index in [0.29, 0.717) is 17.2 Å². The summed E-state index contributed by atoms with van der Waals surface area (Å²) in [5.41, 5.74) is 0.248. The summed E-state index contributed by atoms with van der Waals surface area (Å²) < 4.78 is 23.6. The molecule has 0 unspecified atom stereocenters. The van der Waals surface area contributed by atoms with Gasteiger partial charge in [0.2, 0.25) is 5.95 Å². The van der Waals surface area contributed by atoms with Gasteiger partial charge in [0, 0.05) is 12.3 Å². The standard InChI is InChI=1S/C14H13FN2O3/c1-19-9-5-6-12(20-2)11(8-9)17-14(18)10-4-3-7-16-13(10)15/h3-8H,1-2H3,(H,17,18). The number of nitrogens with one attached hydrogen (secondary N) is 1. The molecule has 1 aromatic heterocycles. The van der Waals surface area contributed by atoms with Gasteiger partial charge in [0.05, 0.1) is 25.5 Å². The first-order chi connectivity index (χ1) is 9.65. The molecule has 2 rings (SSSR count). The van der Waals surface area contributed by atoms with E-state index >= 15 is 0 Å². The third-order valence-electron chi connectivity index (χ3n) is 2.66. The number of benzene rings is 1. The second-order valence-electron chi connectivity index (χ2n) is 3.86. The molecule has 0 aliphatic rings. The van der Waals surface area contributed by atoms with Crippen molar-refractivity contribution in [1.82, 2.24) is 4.98 Å². The lowest BCUT2D eigenvalue weighted by Crippen LogP contribution is -2.15. The molecule has 104 valence electrons. The van der Waals surface area contributed by atoms with Gasteiger partial charge < -0.3 is 14.8 Å². The number of methoxy groups -OCH3 is 2. The Morgan fingerprint density at radius 2 is 2.05 bits per heavy atom. The van der Waals surface area contributed by atoms with Crippen LogP contribution in [0.3, 0.4) is 0 Å². The van der Waals surface area contributed by atoms with Gasteiger partial charge in [0.15, 0.2) is 0 Å². The zero-order valence-corrected chi connectivity index (χ0v) is 11.0. The third kappa shape index (κ3) is 2.85. The predicted molar refractivity (Wildman–Crippen MR) is 71.7 cm³/mol. The third-order valence-corrected chi connectivity index (χ3v) is 2.66. The molecule has 0 bridgehead atoms. The lowest BCUT2D eigenvalue weighted by Gasteiger charge is -2.11. The van der Waals surface area contributed by atoms with E-state index < -0.39 is 11.9 Å². The minimum Gasteiger partial charge on any atom is -0.497 e. The van der Waals surface area contributed by atoms with Gasteiger partial charge >= 0.3 is 0 Å². The van der Waals surface area contributed by atoms with Crippen LogP contribution in [0.15, 0.2) is 36.5 Å². The molecular weight excluding hydrogens is 263 g/mol. The second-order valence-corrected chi connectivity index (χ2v) is 3.86. The molecule has 0 spiro atoms. The highest BCUT2D eigenvalue weighted by atomic mass is 19.1. The quantitative estimate of drug-likeness (QED) is 0.871. The van der Waals surface area contributed by atoms with Crippen LogP contribution in [0.2, 0.25) is 0 Å². The maximum atomic E-state index is 13.4. The number of amides is 1. The molecule has 0 aliphatic carbocycles. The highest BCUT2D eigenvalue weighted by molar-refractivity contribution is 6.05. The van der Waals surface area contributed by atoms with E-state index in [1.54, 1.807) is 18.2 Å². The zero-order chi connectivity index (χ0) is 14.5. The summed E-state index contributed by atoms with van der Waals surface area (Å²) in [4.78, 5) is 15.4. The Balaban J connectivity index is 2.29. The molecular formula is C14H13FN2O3. The number of pyridine rings is 1. The van der Waals surface area contributed by atoms with Crippen LogP contribution in [0, 0.1) is 5.95 Å². The van der Waals surface area contributed by atoms with E-state index in [1.165, 1.54) is 32.5 Å². The fourth-order valence-electron chi connectivity index (χ4n) is 1.66. The van der Waals surface area contributed by atoms with Gasteiger partial charge in [0.1, 0.15) is 11.5 Å². The molecule has 1 amide bonds. The van der Waals surface area contributed by atoms with E-state index in [2.05, 4.69) is 10.3 Å². The number of aromatic nitrogens is 1. The molecule has 1 N–H and O–H groups in total. The molecule has 6 heteroatoms. The van der Waals surface area contributed by atoms with E-state index in [1.807, 2.05) is 0 Å². The Bertz CT molecular complexity index is 632. The molecule has 20 heavy (non-hydrogen) atoms. The van der Waals surface area contributed by atoms with Crippen LogP contribution in [0.4, 0.5) is 10.1 Å². The molecule has 0 atom stereocenters. The first-order valence-electron chi connectivity index (χ1n) is 5.79. The largest absolute Gasteiger partial charge is 0.497 e. The molecule has 2 aromatic rings. The van der Waals surface area contributed by atoms with Gasteiger partial charge in [-0.05, 0) is 24.3 Å². The number of carbonyl (C=O) groups excluding carboxylic acids is 1. The van der Waals surface area contributed by atoms with Crippen molar-refractivity contribution >= 4 is 11.6 Å². The molecule has 0 radical (unpaired) electrons. The normalized spacial score (nSPS) is 9.95. The smallest absolute Gasteiger partial charge is 0.260 e. The van der Waals surface area contributed by atoms with Crippen molar-refractivity contribution in [2.45, 2.75) is 0 Å². The SMILES string of the molecule is COc1ccc(OC)c(NC(=O)c2cccnc2F)c1. The van der Waals surface area contributed by atoms with Crippen LogP contribution in [0.5, 0.6) is 11.5 Å². The Kier molecular flexibility index (Phi) is 4.14. The van der Waals surface area contributed by atoms with Gasteiger partial charge in [-0.2, -0.15) is 4.39 Å². The molecule has 1 aromatic carbocycles. The van der Waals surface area contributed by atoms with Crippen LogP contribution in [-0.2, 0) is 0 Å². The topological polar surface area (TPSA) is 60.5 Å². The maximum absolute atomic E-state index is 13.4. The molecule has 5 nitrogen and oxygen atoms in total. The Morgan fingerprint density at radius 3 is 2.70 bits per heavy atom. The molecule has 1 heterocycles. The van der Waals surface area contributed by atoms with Crippen LogP contribution in [0.25, 0.3) is 0 Å². The Hall–Kier alpha value is -2.63. The molecule has 0 saturated heterocycles. The summed E-state index contributed by atoms with van der Waals surface area (Å²) in [7, 11) is 2.98. The zero-order valence-electron chi connectivity index (χ0n) is 11.0. The number of rotatable bonds is 4. The van der Waals surface area contributed by atoms with Gasteiger partial charge in [-0.25, -0.2) is 4.98 Å². The summed E-state index contributed by atoms with van der Waals surface area (Å²) in [6, 6.07) is 7.77.